The first-order chi connectivity index (χ1) is 10.9. The topological polar surface area (TPSA) is 68.8 Å². The van der Waals surface area contributed by atoms with Gasteiger partial charge in [0.25, 0.3) is 5.56 Å². The first-order valence-corrected chi connectivity index (χ1v) is 7.11. The number of nitrogens with zero attached hydrogens (tertiary/aromatic N) is 4. The van der Waals surface area contributed by atoms with Crippen LogP contribution in [0.1, 0.15) is 0 Å². The van der Waals surface area contributed by atoms with Crippen LogP contribution in [-0.4, -0.2) is 41.6 Å². The highest BCUT2D eigenvalue weighted by Crippen LogP contribution is 2.23. The molecule has 1 aromatic carbocycles. The van der Waals surface area contributed by atoms with E-state index in [2.05, 4.69) is 4.99 Å². The summed E-state index contributed by atoms with van der Waals surface area (Å²) in [6.45, 7) is 0. The molecule has 0 bridgehead atoms. The van der Waals surface area contributed by atoms with E-state index in [-0.39, 0.29) is 10.8 Å². The van der Waals surface area contributed by atoms with E-state index in [0.29, 0.717) is 11.4 Å². The van der Waals surface area contributed by atoms with Gasteiger partial charge in [0.05, 0.1) is 19.1 Å². The average molecular weight is 337 g/mol. The molecule has 122 valence electrons. The van der Waals surface area contributed by atoms with Gasteiger partial charge in [-0.15, -0.1) is 0 Å². The Morgan fingerprint density at radius 3 is 2.35 bits per heavy atom. The number of methoxy groups -OCH3 is 1. The third-order valence-electron chi connectivity index (χ3n) is 3.12. The predicted molar refractivity (Wildman–Crippen MR) is 90.7 cm³/mol. The standard InChI is InChI=1S/C15H17ClN4O3/c1-18(2)9-17-13-12(16)14(21)19(3)15(22)20(13)10-5-7-11(23-4)8-6-10/h5-9H,1-4H3/b17-9+. The summed E-state index contributed by atoms with van der Waals surface area (Å²) in [6.07, 6.45) is 1.47. The highest BCUT2D eigenvalue weighted by molar-refractivity contribution is 6.32. The van der Waals surface area contributed by atoms with E-state index in [9.17, 15) is 9.59 Å². The van der Waals surface area contributed by atoms with Gasteiger partial charge in [-0.2, -0.15) is 0 Å². The molecule has 8 heteroatoms. The minimum absolute atomic E-state index is 0.0821. The van der Waals surface area contributed by atoms with Gasteiger partial charge in [0.1, 0.15) is 10.8 Å². The maximum Gasteiger partial charge on any atom is 0.337 e. The zero-order valence-corrected chi connectivity index (χ0v) is 14.0. The van der Waals surface area contributed by atoms with Gasteiger partial charge in [0.2, 0.25) is 0 Å². The largest absolute Gasteiger partial charge is 0.497 e. The summed E-state index contributed by atoms with van der Waals surface area (Å²) in [5.74, 6) is 0.731. The zero-order chi connectivity index (χ0) is 17.1. The SMILES string of the molecule is COc1ccc(-n2c(/N=C/N(C)C)c(Cl)c(=O)n(C)c2=O)cc1. The van der Waals surface area contributed by atoms with Crippen LogP contribution in [0.2, 0.25) is 5.02 Å². The van der Waals surface area contributed by atoms with Gasteiger partial charge >= 0.3 is 5.69 Å². The Balaban J connectivity index is 2.78. The molecule has 23 heavy (non-hydrogen) atoms. The van der Waals surface area contributed by atoms with Crippen molar-refractivity contribution in [2.24, 2.45) is 12.0 Å². The minimum Gasteiger partial charge on any atom is -0.497 e. The van der Waals surface area contributed by atoms with Crippen molar-refractivity contribution in [1.29, 1.82) is 0 Å². The smallest absolute Gasteiger partial charge is 0.337 e. The first-order valence-electron chi connectivity index (χ1n) is 6.73. The number of benzene rings is 1. The second-order valence-electron chi connectivity index (χ2n) is 5.03. The van der Waals surface area contributed by atoms with Crippen molar-refractivity contribution < 1.29 is 4.74 Å². The molecule has 0 N–H and O–H groups in total. The van der Waals surface area contributed by atoms with Gasteiger partial charge in [-0.25, -0.2) is 14.4 Å². The van der Waals surface area contributed by atoms with Gasteiger partial charge in [0.15, 0.2) is 5.82 Å². The molecule has 0 saturated heterocycles. The molecule has 0 atom stereocenters. The molecule has 2 aromatic rings. The molecule has 0 saturated carbocycles. The summed E-state index contributed by atoms with van der Waals surface area (Å²) in [4.78, 5) is 30.4. The lowest BCUT2D eigenvalue weighted by atomic mass is 10.3. The maximum atomic E-state index is 12.5. The Hall–Kier alpha value is -2.54. The van der Waals surface area contributed by atoms with Crippen molar-refractivity contribution in [2.45, 2.75) is 0 Å². The number of aromatic nitrogens is 2. The summed E-state index contributed by atoms with van der Waals surface area (Å²) in [5, 5.41) is -0.124. The van der Waals surface area contributed by atoms with Crippen molar-refractivity contribution >= 4 is 23.8 Å². The van der Waals surface area contributed by atoms with Crippen LogP contribution in [0.15, 0.2) is 38.8 Å². The van der Waals surface area contributed by atoms with Crippen molar-refractivity contribution in [3.63, 3.8) is 0 Å². The van der Waals surface area contributed by atoms with Gasteiger partial charge in [-0.3, -0.25) is 9.36 Å². The number of rotatable bonds is 4. The average Bonchev–Trinajstić information content (AvgIpc) is 2.55. The molecule has 2 rings (SSSR count). The molecular formula is C15H17ClN4O3. The van der Waals surface area contributed by atoms with Crippen LogP contribution in [0.4, 0.5) is 5.82 Å². The molecular weight excluding hydrogens is 320 g/mol. The molecule has 7 nitrogen and oxygen atoms in total. The van der Waals surface area contributed by atoms with Crippen LogP contribution in [0, 0.1) is 0 Å². The summed E-state index contributed by atoms with van der Waals surface area (Å²) in [5.41, 5.74) is -0.595. The van der Waals surface area contributed by atoms with E-state index in [4.69, 9.17) is 16.3 Å². The number of hydrogen-bond donors (Lipinski definition) is 0. The second-order valence-corrected chi connectivity index (χ2v) is 5.40. The first kappa shape index (κ1) is 16.8. The van der Waals surface area contributed by atoms with Gasteiger partial charge < -0.3 is 9.64 Å². The predicted octanol–water partition coefficient (Wildman–Crippen LogP) is 1.42. The summed E-state index contributed by atoms with van der Waals surface area (Å²) >= 11 is 6.12. The van der Waals surface area contributed by atoms with E-state index >= 15 is 0 Å². The Morgan fingerprint density at radius 2 is 1.83 bits per heavy atom. The van der Waals surface area contributed by atoms with E-state index in [1.54, 1.807) is 50.4 Å². The molecule has 1 heterocycles. The molecule has 0 spiro atoms. The molecule has 1 aromatic heterocycles. The molecule has 0 aliphatic heterocycles. The van der Waals surface area contributed by atoms with Crippen molar-refractivity contribution in [1.82, 2.24) is 14.0 Å². The highest BCUT2D eigenvalue weighted by atomic mass is 35.5. The van der Waals surface area contributed by atoms with Crippen LogP contribution in [-0.2, 0) is 7.05 Å². The highest BCUT2D eigenvalue weighted by Gasteiger charge is 2.16. The summed E-state index contributed by atoms with van der Waals surface area (Å²) in [7, 11) is 6.47. The Morgan fingerprint density at radius 1 is 1.22 bits per heavy atom. The van der Waals surface area contributed by atoms with Gasteiger partial charge in [-0.05, 0) is 24.3 Å². The molecule has 0 unspecified atom stereocenters. The Bertz CT molecular complexity index is 851. The lowest BCUT2D eigenvalue weighted by molar-refractivity contribution is 0.414. The quantitative estimate of drug-likeness (QED) is 0.625. The number of ether oxygens (including phenoxy) is 1. The lowest BCUT2D eigenvalue weighted by Gasteiger charge is -2.13. The fourth-order valence-electron chi connectivity index (χ4n) is 1.92. The van der Waals surface area contributed by atoms with Crippen molar-refractivity contribution in [2.75, 3.05) is 21.2 Å². The third-order valence-corrected chi connectivity index (χ3v) is 3.45. The maximum absolute atomic E-state index is 12.5. The minimum atomic E-state index is -0.590. The number of hydrogen-bond acceptors (Lipinski definition) is 4. The molecule has 0 aliphatic carbocycles. The third kappa shape index (κ3) is 3.29. The van der Waals surface area contributed by atoms with Crippen LogP contribution in [0.3, 0.4) is 0 Å². The van der Waals surface area contributed by atoms with E-state index in [1.807, 2.05) is 0 Å². The van der Waals surface area contributed by atoms with Crippen LogP contribution in [0.25, 0.3) is 5.69 Å². The van der Waals surface area contributed by atoms with Crippen LogP contribution in [0.5, 0.6) is 5.75 Å². The Kier molecular flexibility index (Phi) is 4.90. The van der Waals surface area contributed by atoms with Crippen LogP contribution < -0.4 is 16.0 Å². The van der Waals surface area contributed by atoms with Crippen molar-refractivity contribution in [3.05, 3.63) is 50.1 Å². The van der Waals surface area contributed by atoms with Gasteiger partial charge in [-0.1, -0.05) is 11.6 Å². The molecule has 0 aliphatic rings. The van der Waals surface area contributed by atoms with E-state index in [1.165, 1.54) is 18.0 Å². The normalized spacial score (nSPS) is 11.0. The monoisotopic (exact) mass is 336 g/mol. The number of halogens is 1. The molecule has 0 fully saturated rings. The fourth-order valence-corrected chi connectivity index (χ4v) is 2.18. The van der Waals surface area contributed by atoms with Crippen LogP contribution >= 0.6 is 11.6 Å². The summed E-state index contributed by atoms with van der Waals surface area (Å²) < 4.78 is 7.33. The number of aliphatic imine (C=N–C) groups is 1. The summed E-state index contributed by atoms with van der Waals surface area (Å²) in [6, 6.07) is 6.80. The fraction of sp³-hybridized carbons (Fsp3) is 0.267. The van der Waals surface area contributed by atoms with Crippen molar-refractivity contribution in [3.8, 4) is 11.4 Å². The van der Waals surface area contributed by atoms with Gasteiger partial charge in [0, 0.05) is 21.1 Å². The molecule has 0 radical (unpaired) electrons. The zero-order valence-electron chi connectivity index (χ0n) is 13.3. The second kappa shape index (κ2) is 6.70. The lowest BCUT2D eigenvalue weighted by Crippen LogP contribution is -2.37. The van der Waals surface area contributed by atoms with E-state index in [0.717, 1.165) is 4.57 Å². The Labute approximate surface area is 138 Å². The molecule has 0 amide bonds. The van der Waals surface area contributed by atoms with E-state index < -0.39 is 11.2 Å².